The van der Waals surface area contributed by atoms with E-state index >= 15 is 0 Å². The van der Waals surface area contributed by atoms with Crippen LogP contribution in [0.2, 0.25) is 0 Å². The Labute approximate surface area is 78.0 Å². The summed E-state index contributed by atoms with van der Waals surface area (Å²) in [5, 5.41) is 9.68. The normalized spacial score (nSPS) is 53.8. The van der Waals surface area contributed by atoms with Gasteiger partial charge in [0.1, 0.15) is 11.7 Å². The molecule has 1 aliphatic carbocycles. The topological polar surface area (TPSA) is 64.7 Å². The number of hydrogen-bond donors (Lipinski definition) is 2. The molecule has 0 aromatic rings. The van der Waals surface area contributed by atoms with E-state index in [1.165, 1.54) is 0 Å². The fourth-order valence-electron chi connectivity index (χ4n) is 2.40. The van der Waals surface area contributed by atoms with Crippen LogP contribution in [0, 0.1) is 0 Å². The molecule has 76 valence electrons. The van der Waals surface area contributed by atoms with Crippen molar-refractivity contribution in [3.63, 3.8) is 0 Å². The average molecular weight is 187 g/mol. The van der Waals surface area contributed by atoms with E-state index in [4.69, 9.17) is 15.2 Å². The molecule has 2 aliphatic rings. The van der Waals surface area contributed by atoms with Gasteiger partial charge in [0, 0.05) is 6.04 Å². The lowest BCUT2D eigenvalue weighted by Crippen LogP contribution is -2.47. The molecule has 1 saturated heterocycles. The molecule has 0 aromatic heterocycles. The van der Waals surface area contributed by atoms with Gasteiger partial charge in [-0.2, -0.15) is 0 Å². The fourth-order valence-corrected chi connectivity index (χ4v) is 2.40. The molecule has 4 heteroatoms. The molecule has 13 heavy (non-hydrogen) atoms. The third-order valence-corrected chi connectivity index (χ3v) is 3.02. The minimum absolute atomic E-state index is 0.144. The van der Waals surface area contributed by atoms with Gasteiger partial charge >= 0.3 is 0 Å². The fraction of sp³-hybridized carbons (Fsp3) is 1.00. The predicted molar refractivity (Wildman–Crippen MR) is 47.0 cm³/mol. The highest BCUT2D eigenvalue weighted by molar-refractivity contribution is 5.09. The molecule has 0 amide bonds. The summed E-state index contributed by atoms with van der Waals surface area (Å²) in [6.07, 6.45) is -0.226. The van der Waals surface area contributed by atoms with E-state index in [2.05, 4.69) is 0 Å². The summed E-state index contributed by atoms with van der Waals surface area (Å²) in [5.74, 6) is -0.627. The molecule has 2 rings (SSSR count). The third-order valence-electron chi connectivity index (χ3n) is 3.02. The Bertz CT molecular complexity index is 231. The van der Waals surface area contributed by atoms with Crippen LogP contribution >= 0.6 is 0 Å². The summed E-state index contributed by atoms with van der Waals surface area (Å²) in [6.45, 7) is 5.60. The molecular weight excluding hydrogens is 170 g/mol. The first-order valence-electron chi connectivity index (χ1n) is 4.67. The van der Waals surface area contributed by atoms with Crippen molar-refractivity contribution in [3.05, 3.63) is 0 Å². The highest BCUT2D eigenvalue weighted by Crippen LogP contribution is 2.45. The zero-order valence-corrected chi connectivity index (χ0v) is 8.28. The summed E-state index contributed by atoms with van der Waals surface area (Å²) in [5.41, 5.74) is 5.38. The predicted octanol–water partition coefficient (Wildman–Crippen LogP) is -0.0115. The largest absolute Gasteiger partial charge is 0.390 e. The lowest BCUT2D eigenvalue weighted by atomic mass is 9.99. The molecule has 1 saturated carbocycles. The molecular formula is C9H17NO3. The van der Waals surface area contributed by atoms with Gasteiger partial charge in [0.05, 0.1) is 6.10 Å². The standard InChI is InChI=1S/C9H17NO3/c1-8(2)12-7-5(11)4-6(10)9(7,3)13-8/h5-7,11H,4,10H2,1-3H3/t5-,6+,7+,9+/m0/s1. The maximum atomic E-state index is 9.68. The Hall–Kier alpha value is -0.160. The van der Waals surface area contributed by atoms with Crippen LogP contribution in [0.15, 0.2) is 0 Å². The van der Waals surface area contributed by atoms with Crippen LogP contribution < -0.4 is 5.73 Å². The van der Waals surface area contributed by atoms with E-state index in [9.17, 15) is 5.11 Å². The quantitative estimate of drug-likeness (QED) is 0.560. The van der Waals surface area contributed by atoms with Crippen LogP contribution in [0.4, 0.5) is 0 Å². The second-order valence-corrected chi connectivity index (χ2v) is 4.63. The van der Waals surface area contributed by atoms with Gasteiger partial charge < -0.3 is 20.3 Å². The van der Waals surface area contributed by atoms with Crippen molar-refractivity contribution in [1.82, 2.24) is 0 Å². The first-order chi connectivity index (χ1) is 5.85. The minimum Gasteiger partial charge on any atom is -0.390 e. The van der Waals surface area contributed by atoms with Crippen LogP contribution in [-0.2, 0) is 9.47 Å². The third kappa shape index (κ3) is 1.21. The highest BCUT2D eigenvalue weighted by Gasteiger charge is 2.60. The minimum atomic E-state index is -0.627. The molecule has 0 aromatic carbocycles. The van der Waals surface area contributed by atoms with Gasteiger partial charge in [0.25, 0.3) is 0 Å². The van der Waals surface area contributed by atoms with Crippen molar-refractivity contribution in [2.75, 3.05) is 0 Å². The molecule has 0 bridgehead atoms. The van der Waals surface area contributed by atoms with Gasteiger partial charge in [0.2, 0.25) is 0 Å². The Morgan fingerprint density at radius 3 is 2.54 bits per heavy atom. The van der Waals surface area contributed by atoms with Gasteiger partial charge in [-0.1, -0.05) is 0 Å². The monoisotopic (exact) mass is 187 g/mol. The Morgan fingerprint density at radius 1 is 1.38 bits per heavy atom. The molecule has 1 aliphatic heterocycles. The van der Waals surface area contributed by atoms with Gasteiger partial charge in [-0.3, -0.25) is 0 Å². The van der Waals surface area contributed by atoms with Crippen LogP contribution in [0.3, 0.4) is 0 Å². The number of hydrogen-bond acceptors (Lipinski definition) is 4. The van der Waals surface area contributed by atoms with Crippen molar-refractivity contribution in [2.24, 2.45) is 5.73 Å². The van der Waals surface area contributed by atoms with Crippen LogP contribution in [-0.4, -0.2) is 34.7 Å². The zero-order chi connectivity index (χ0) is 9.85. The van der Waals surface area contributed by atoms with Crippen molar-refractivity contribution in [1.29, 1.82) is 0 Å². The first-order valence-corrected chi connectivity index (χ1v) is 4.67. The SMILES string of the molecule is CC1(C)O[C@@H]2[C@@H](O)C[C@@H](N)[C@@]2(C)O1. The number of rotatable bonds is 0. The summed E-state index contributed by atoms with van der Waals surface area (Å²) < 4.78 is 11.3. The van der Waals surface area contributed by atoms with Crippen molar-refractivity contribution in [3.8, 4) is 0 Å². The van der Waals surface area contributed by atoms with E-state index < -0.39 is 17.5 Å². The molecule has 2 fully saturated rings. The molecule has 0 spiro atoms. The van der Waals surface area contributed by atoms with E-state index in [-0.39, 0.29) is 12.1 Å². The number of aliphatic hydroxyl groups excluding tert-OH is 1. The maximum Gasteiger partial charge on any atom is 0.164 e. The van der Waals surface area contributed by atoms with Gasteiger partial charge in [-0.05, 0) is 27.2 Å². The highest BCUT2D eigenvalue weighted by atomic mass is 16.8. The van der Waals surface area contributed by atoms with E-state index in [1.807, 2.05) is 20.8 Å². The van der Waals surface area contributed by atoms with Crippen molar-refractivity contribution >= 4 is 0 Å². The Morgan fingerprint density at radius 2 is 2.00 bits per heavy atom. The smallest absolute Gasteiger partial charge is 0.164 e. The molecule has 0 unspecified atom stereocenters. The van der Waals surface area contributed by atoms with Gasteiger partial charge in [-0.15, -0.1) is 0 Å². The summed E-state index contributed by atoms with van der Waals surface area (Å²) in [6, 6.07) is -0.144. The van der Waals surface area contributed by atoms with Crippen molar-refractivity contribution in [2.45, 2.75) is 56.8 Å². The van der Waals surface area contributed by atoms with Crippen molar-refractivity contribution < 1.29 is 14.6 Å². The summed E-state index contributed by atoms with van der Waals surface area (Å²) >= 11 is 0. The lowest BCUT2D eigenvalue weighted by Gasteiger charge is -2.27. The number of nitrogens with two attached hydrogens (primary N) is 1. The lowest BCUT2D eigenvalue weighted by molar-refractivity contribution is -0.174. The molecule has 4 nitrogen and oxygen atoms in total. The van der Waals surface area contributed by atoms with Gasteiger partial charge in [0.15, 0.2) is 5.79 Å². The second-order valence-electron chi connectivity index (χ2n) is 4.63. The summed E-state index contributed by atoms with van der Waals surface area (Å²) in [4.78, 5) is 0. The van der Waals surface area contributed by atoms with E-state index in [0.29, 0.717) is 6.42 Å². The maximum absolute atomic E-state index is 9.68. The second kappa shape index (κ2) is 2.45. The summed E-state index contributed by atoms with van der Waals surface area (Å²) in [7, 11) is 0. The Kier molecular flexibility index (Phi) is 1.77. The van der Waals surface area contributed by atoms with E-state index in [1.54, 1.807) is 0 Å². The first kappa shape index (κ1) is 9.40. The number of fused-ring (bicyclic) bond motifs is 1. The molecule has 1 heterocycles. The van der Waals surface area contributed by atoms with Crippen LogP contribution in [0.1, 0.15) is 27.2 Å². The Balaban J connectivity index is 2.28. The number of aliphatic hydroxyl groups is 1. The average Bonchev–Trinajstić information content (AvgIpc) is 2.30. The van der Waals surface area contributed by atoms with Crippen LogP contribution in [0.5, 0.6) is 0 Å². The molecule has 4 atom stereocenters. The van der Waals surface area contributed by atoms with E-state index in [0.717, 1.165) is 0 Å². The zero-order valence-electron chi connectivity index (χ0n) is 8.28. The van der Waals surface area contributed by atoms with Crippen LogP contribution in [0.25, 0.3) is 0 Å². The number of ether oxygens (including phenoxy) is 2. The van der Waals surface area contributed by atoms with Gasteiger partial charge in [-0.25, -0.2) is 0 Å². The molecule has 0 radical (unpaired) electrons. The molecule has 3 N–H and O–H groups in total.